The first-order chi connectivity index (χ1) is 14.9. The molecule has 31 heavy (non-hydrogen) atoms. The molecule has 4 rings (SSSR count). The first-order valence-corrected chi connectivity index (χ1v) is 10.1. The van der Waals surface area contributed by atoms with Crippen LogP contribution < -0.4 is 4.90 Å². The topological polar surface area (TPSA) is 92.5 Å². The number of carbonyl (C=O) groups excluding carboxylic acids is 1. The van der Waals surface area contributed by atoms with Crippen LogP contribution in [-0.4, -0.2) is 51.9 Å². The fraction of sp³-hybridized carbons (Fsp3) is 0.261. The second kappa shape index (κ2) is 8.51. The van der Waals surface area contributed by atoms with Crippen molar-refractivity contribution in [1.29, 1.82) is 0 Å². The third kappa shape index (κ3) is 4.23. The molecule has 3 aromatic rings. The van der Waals surface area contributed by atoms with Gasteiger partial charge in [-0.05, 0) is 19.9 Å². The van der Waals surface area contributed by atoms with Crippen molar-refractivity contribution in [2.24, 2.45) is 0 Å². The highest BCUT2D eigenvalue weighted by molar-refractivity contribution is 5.96. The van der Waals surface area contributed by atoms with Crippen molar-refractivity contribution in [3.05, 3.63) is 81.7 Å². The largest absolute Gasteiger partial charge is 0.353 e. The summed E-state index contributed by atoms with van der Waals surface area (Å²) in [5.41, 5.74) is 2.65. The molecule has 0 unspecified atom stereocenters. The predicted octanol–water partition coefficient (Wildman–Crippen LogP) is 3.63. The standard InChI is InChI=1S/C23H23N5O3/c1-16-19(9-6-10-21(16)28(30)31)23(29)27-13-11-26(12-14-27)22-15-20(24-17(2)25-22)18-7-4-3-5-8-18/h3-10,15H,11-14H2,1-2H3. The minimum atomic E-state index is -0.453. The summed E-state index contributed by atoms with van der Waals surface area (Å²) < 4.78 is 0. The van der Waals surface area contributed by atoms with E-state index < -0.39 is 4.92 Å². The normalized spacial score (nSPS) is 13.9. The molecule has 0 saturated carbocycles. The Morgan fingerprint density at radius 2 is 1.68 bits per heavy atom. The minimum Gasteiger partial charge on any atom is -0.353 e. The van der Waals surface area contributed by atoms with E-state index in [2.05, 4.69) is 14.9 Å². The highest BCUT2D eigenvalue weighted by Crippen LogP contribution is 2.25. The Morgan fingerprint density at radius 3 is 2.35 bits per heavy atom. The lowest BCUT2D eigenvalue weighted by Gasteiger charge is -2.35. The van der Waals surface area contributed by atoms with Crippen LogP contribution in [0.2, 0.25) is 0 Å². The van der Waals surface area contributed by atoms with Crippen molar-refractivity contribution in [3.63, 3.8) is 0 Å². The van der Waals surface area contributed by atoms with Crippen LogP contribution in [0, 0.1) is 24.0 Å². The van der Waals surface area contributed by atoms with E-state index in [1.807, 2.05) is 43.3 Å². The van der Waals surface area contributed by atoms with Gasteiger partial charge in [-0.2, -0.15) is 0 Å². The first kappa shape index (κ1) is 20.5. The van der Waals surface area contributed by atoms with E-state index in [4.69, 9.17) is 0 Å². The van der Waals surface area contributed by atoms with Crippen LogP contribution in [0.15, 0.2) is 54.6 Å². The van der Waals surface area contributed by atoms with Gasteiger partial charge in [0.05, 0.1) is 10.6 Å². The molecule has 158 valence electrons. The van der Waals surface area contributed by atoms with Gasteiger partial charge < -0.3 is 9.80 Å². The minimum absolute atomic E-state index is 0.0330. The Labute approximate surface area is 180 Å². The molecule has 1 aliphatic rings. The fourth-order valence-electron chi connectivity index (χ4n) is 3.83. The van der Waals surface area contributed by atoms with Crippen LogP contribution in [0.25, 0.3) is 11.3 Å². The maximum atomic E-state index is 13.0. The Morgan fingerprint density at radius 1 is 0.968 bits per heavy atom. The second-order valence-corrected chi connectivity index (χ2v) is 7.51. The highest BCUT2D eigenvalue weighted by Gasteiger charge is 2.26. The van der Waals surface area contributed by atoms with E-state index in [-0.39, 0.29) is 11.6 Å². The second-order valence-electron chi connectivity index (χ2n) is 7.51. The molecule has 2 heterocycles. The van der Waals surface area contributed by atoms with Crippen molar-refractivity contribution < 1.29 is 9.72 Å². The number of aryl methyl sites for hydroxylation is 1. The molecule has 0 aliphatic carbocycles. The van der Waals surface area contributed by atoms with Gasteiger partial charge in [0.15, 0.2) is 0 Å². The van der Waals surface area contributed by atoms with Crippen molar-refractivity contribution in [2.45, 2.75) is 13.8 Å². The van der Waals surface area contributed by atoms with Crippen LogP contribution in [0.1, 0.15) is 21.7 Å². The highest BCUT2D eigenvalue weighted by atomic mass is 16.6. The summed E-state index contributed by atoms with van der Waals surface area (Å²) in [6.07, 6.45) is 0. The van der Waals surface area contributed by atoms with Gasteiger partial charge in [-0.15, -0.1) is 0 Å². The molecular weight excluding hydrogens is 394 g/mol. The van der Waals surface area contributed by atoms with Crippen molar-refractivity contribution in [2.75, 3.05) is 31.1 Å². The van der Waals surface area contributed by atoms with Crippen molar-refractivity contribution in [3.8, 4) is 11.3 Å². The van der Waals surface area contributed by atoms with Crippen molar-refractivity contribution in [1.82, 2.24) is 14.9 Å². The van der Waals surface area contributed by atoms with Gasteiger partial charge >= 0.3 is 0 Å². The molecule has 1 fully saturated rings. The molecule has 0 bridgehead atoms. The number of nitro benzene ring substituents is 1. The van der Waals surface area contributed by atoms with E-state index in [1.54, 1.807) is 24.0 Å². The zero-order valence-corrected chi connectivity index (χ0v) is 17.5. The van der Waals surface area contributed by atoms with Gasteiger partial charge in [-0.1, -0.05) is 36.4 Å². The molecule has 0 N–H and O–H groups in total. The van der Waals surface area contributed by atoms with Gasteiger partial charge in [0.2, 0.25) is 0 Å². The monoisotopic (exact) mass is 417 g/mol. The predicted molar refractivity (Wildman–Crippen MR) is 118 cm³/mol. The first-order valence-electron chi connectivity index (χ1n) is 10.1. The summed E-state index contributed by atoms with van der Waals surface area (Å²) in [7, 11) is 0. The van der Waals surface area contributed by atoms with E-state index in [0.29, 0.717) is 43.1 Å². The summed E-state index contributed by atoms with van der Waals surface area (Å²) in [6, 6.07) is 16.6. The number of benzene rings is 2. The molecule has 8 heteroatoms. The molecule has 1 saturated heterocycles. The van der Waals surface area contributed by atoms with Gasteiger partial charge in [-0.25, -0.2) is 9.97 Å². The summed E-state index contributed by atoms with van der Waals surface area (Å²) in [4.78, 5) is 36.8. The molecule has 1 aliphatic heterocycles. The fourth-order valence-corrected chi connectivity index (χ4v) is 3.83. The summed E-state index contributed by atoms with van der Waals surface area (Å²) >= 11 is 0. The van der Waals surface area contributed by atoms with E-state index in [1.165, 1.54) is 6.07 Å². The number of nitro groups is 1. The molecule has 0 radical (unpaired) electrons. The number of carbonyl (C=O) groups is 1. The Balaban J connectivity index is 1.50. The SMILES string of the molecule is Cc1nc(-c2ccccc2)cc(N2CCN(C(=O)c3cccc([N+](=O)[O-])c3C)CC2)n1. The number of amides is 1. The Hall–Kier alpha value is -3.81. The van der Waals surface area contributed by atoms with Gasteiger partial charge in [0.25, 0.3) is 11.6 Å². The number of piperazine rings is 1. The van der Waals surface area contributed by atoms with Crippen LogP contribution in [0.4, 0.5) is 11.5 Å². The number of nitrogens with zero attached hydrogens (tertiary/aromatic N) is 5. The summed E-state index contributed by atoms with van der Waals surface area (Å²) in [6.45, 7) is 5.79. The lowest BCUT2D eigenvalue weighted by Crippen LogP contribution is -2.49. The van der Waals surface area contributed by atoms with Crippen LogP contribution in [0.3, 0.4) is 0 Å². The van der Waals surface area contributed by atoms with Gasteiger partial charge in [0, 0.05) is 55.0 Å². The van der Waals surface area contributed by atoms with E-state index >= 15 is 0 Å². The number of rotatable bonds is 4. The Bertz CT molecular complexity index is 1130. The lowest BCUT2D eigenvalue weighted by atomic mass is 10.1. The average molecular weight is 417 g/mol. The maximum absolute atomic E-state index is 13.0. The number of aromatic nitrogens is 2. The molecule has 0 spiro atoms. The quantitative estimate of drug-likeness (QED) is 0.475. The number of hydrogen-bond donors (Lipinski definition) is 0. The third-order valence-corrected chi connectivity index (χ3v) is 5.52. The molecule has 8 nitrogen and oxygen atoms in total. The van der Waals surface area contributed by atoms with Crippen LogP contribution >= 0.6 is 0 Å². The average Bonchev–Trinajstić information content (AvgIpc) is 2.79. The Kier molecular flexibility index (Phi) is 5.62. The van der Waals surface area contributed by atoms with Crippen molar-refractivity contribution >= 4 is 17.4 Å². The zero-order chi connectivity index (χ0) is 22.0. The summed E-state index contributed by atoms with van der Waals surface area (Å²) in [5.74, 6) is 1.36. The molecule has 2 aromatic carbocycles. The lowest BCUT2D eigenvalue weighted by molar-refractivity contribution is -0.385. The van der Waals surface area contributed by atoms with Crippen LogP contribution in [0.5, 0.6) is 0 Å². The van der Waals surface area contributed by atoms with Crippen LogP contribution in [-0.2, 0) is 0 Å². The van der Waals surface area contributed by atoms with E-state index in [0.717, 1.165) is 17.1 Å². The van der Waals surface area contributed by atoms with E-state index in [9.17, 15) is 14.9 Å². The number of hydrogen-bond acceptors (Lipinski definition) is 6. The maximum Gasteiger partial charge on any atom is 0.273 e. The number of anilines is 1. The molecule has 1 aromatic heterocycles. The summed E-state index contributed by atoms with van der Waals surface area (Å²) in [5, 5.41) is 11.2. The smallest absolute Gasteiger partial charge is 0.273 e. The molecule has 0 atom stereocenters. The van der Waals surface area contributed by atoms with Gasteiger partial charge in [0.1, 0.15) is 11.6 Å². The third-order valence-electron chi connectivity index (χ3n) is 5.52. The molecule has 1 amide bonds. The molecular formula is C23H23N5O3. The van der Waals surface area contributed by atoms with Gasteiger partial charge in [-0.3, -0.25) is 14.9 Å². The zero-order valence-electron chi connectivity index (χ0n) is 17.5.